The summed E-state index contributed by atoms with van der Waals surface area (Å²) >= 11 is 0. The molecule has 0 atom stereocenters. The second-order valence-electron chi connectivity index (χ2n) is 6.06. The van der Waals surface area contributed by atoms with Crippen molar-refractivity contribution in [3.8, 4) is 11.8 Å². The number of hydrogen-bond acceptors (Lipinski definition) is 6. The minimum absolute atomic E-state index is 0.0644. The minimum atomic E-state index is 0.0644. The van der Waals surface area contributed by atoms with Crippen LogP contribution in [0.5, 0.6) is 0 Å². The van der Waals surface area contributed by atoms with Crippen molar-refractivity contribution < 1.29 is 4.79 Å². The molecule has 0 bridgehead atoms. The van der Waals surface area contributed by atoms with Crippen LogP contribution < -0.4 is 11.5 Å². The van der Waals surface area contributed by atoms with E-state index in [1.54, 1.807) is 24.1 Å². The monoisotopic (exact) mass is 348 g/mol. The first-order chi connectivity index (χ1) is 12.4. The summed E-state index contributed by atoms with van der Waals surface area (Å²) in [5, 5.41) is 0. The molecule has 0 radical (unpaired) electrons. The van der Waals surface area contributed by atoms with E-state index in [1.165, 1.54) is 0 Å². The number of anilines is 2. The van der Waals surface area contributed by atoms with Crippen LogP contribution in [-0.4, -0.2) is 38.8 Å². The Bertz CT molecular complexity index is 937. The van der Waals surface area contributed by atoms with Crippen molar-refractivity contribution in [1.82, 2.24) is 19.9 Å². The van der Waals surface area contributed by atoms with Gasteiger partial charge in [0.2, 0.25) is 11.9 Å². The Balaban J connectivity index is 1.99. The van der Waals surface area contributed by atoms with Crippen LogP contribution in [0.4, 0.5) is 11.8 Å². The molecule has 4 N–H and O–H groups in total. The van der Waals surface area contributed by atoms with Crippen LogP contribution >= 0.6 is 0 Å². The lowest BCUT2D eigenvalue weighted by molar-refractivity contribution is -0.128. The van der Waals surface area contributed by atoms with Gasteiger partial charge >= 0.3 is 0 Å². The molecule has 2 aromatic rings. The van der Waals surface area contributed by atoms with Gasteiger partial charge in [0, 0.05) is 31.8 Å². The number of aryl methyl sites for hydroxylation is 1. The molecule has 2 aromatic heterocycles. The van der Waals surface area contributed by atoms with Crippen LogP contribution in [0.3, 0.4) is 0 Å². The van der Waals surface area contributed by atoms with Crippen molar-refractivity contribution in [1.29, 1.82) is 0 Å². The van der Waals surface area contributed by atoms with Crippen LogP contribution in [0.2, 0.25) is 0 Å². The van der Waals surface area contributed by atoms with Gasteiger partial charge in [-0.05, 0) is 31.1 Å². The molecule has 1 amide bonds. The second kappa shape index (κ2) is 7.23. The number of pyridine rings is 1. The first kappa shape index (κ1) is 17.4. The van der Waals surface area contributed by atoms with Gasteiger partial charge in [-0.1, -0.05) is 17.9 Å². The fourth-order valence-electron chi connectivity index (χ4n) is 2.76. The fourth-order valence-corrected chi connectivity index (χ4v) is 2.76. The van der Waals surface area contributed by atoms with E-state index in [9.17, 15) is 4.79 Å². The van der Waals surface area contributed by atoms with E-state index in [-0.39, 0.29) is 11.9 Å². The Kier molecular flexibility index (Phi) is 4.85. The Morgan fingerprint density at radius 2 is 2.04 bits per heavy atom. The molecule has 0 saturated carbocycles. The normalized spacial score (nSPS) is 13.6. The third-order valence-corrected chi connectivity index (χ3v) is 4.18. The summed E-state index contributed by atoms with van der Waals surface area (Å²) in [4.78, 5) is 26.0. The predicted octanol–water partition coefficient (Wildman–Crippen LogP) is 1.38. The standard InChI is InChI=1S/C19H20N6O/c1-12-16(5-3-14-4-6-17(20)22-11-14)18(24-19(21)23-12)15-7-9-25(10-8-15)13(2)26/h4,6-7,11H,8-10H2,1-2H3,(H2,20,22)(H2,21,23,24). The quantitative estimate of drug-likeness (QED) is 0.753. The second-order valence-corrected chi connectivity index (χ2v) is 6.06. The molecule has 0 aliphatic carbocycles. The highest BCUT2D eigenvalue weighted by molar-refractivity contribution is 5.77. The van der Waals surface area contributed by atoms with Crippen molar-refractivity contribution in [3.05, 3.63) is 46.9 Å². The molecule has 0 saturated heterocycles. The number of nitrogens with zero attached hydrogens (tertiary/aromatic N) is 4. The summed E-state index contributed by atoms with van der Waals surface area (Å²) in [5.41, 5.74) is 15.4. The molecule has 26 heavy (non-hydrogen) atoms. The zero-order chi connectivity index (χ0) is 18.7. The molecular weight excluding hydrogens is 328 g/mol. The summed E-state index contributed by atoms with van der Waals surface area (Å²) in [7, 11) is 0. The Hall–Kier alpha value is -3.40. The predicted molar refractivity (Wildman–Crippen MR) is 101 cm³/mol. The van der Waals surface area contributed by atoms with Gasteiger partial charge in [-0.15, -0.1) is 0 Å². The number of rotatable bonds is 1. The molecule has 3 heterocycles. The Morgan fingerprint density at radius 1 is 1.23 bits per heavy atom. The van der Waals surface area contributed by atoms with Crippen molar-refractivity contribution in [2.45, 2.75) is 20.3 Å². The number of nitrogen functional groups attached to an aromatic ring is 2. The van der Waals surface area contributed by atoms with Crippen molar-refractivity contribution in [2.24, 2.45) is 0 Å². The third-order valence-electron chi connectivity index (χ3n) is 4.18. The van der Waals surface area contributed by atoms with Crippen molar-refractivity contribution in [2.75, 3.05) is 24.6 Å². The van der Waals surface area contributed by atoms with E-state index in [0.717, 1.165) is 28.1 Å². The van der Waals surface area contributed by atoms with Gasteiger partial charge < -0.3 is 16.4 Å². The first-order valence-corrected chi connectivity index (χ1v) is 8.26. The lowest BCUT2D eigenvalue weighted by Gasteiger charge is -2.25. The number of aromatic nitrogens is 3. The van der Waals surface area contributed by atoms with Gasteiger partial charge in [-0.3, -0.25) is 4.79 Å². The Morgan fingerprint density at radius 3 is 2.65 bits per heavy atom. The molecule has 132 valence electrons. The molecule has 0 fully saturated rings. The van der Waals surface area contributed by atoms with E-state index in [0.29, 0.717) is 25.3 Å². The van der Waals surface area contributed by atoms with Crippen LogP contribution in [0.1, 0.15) is 35.9 Å². The van der Waals surface area contributed by atoms with Crippen LogP contribution in [0.15, 0.2) is 24.4 Å². The van der Waals surface area contributed by atoms with Gasteiger partial charge in [-0.2, -0.15) is 0 Å². The van der Waals surface area contributed by atoms with E-state index < -0.39 is 0 Å². The number of amides is 1. The molecule has 7 heteroatoms. The first-order valence-electron chi connectivity index (χ1n) is 8.26. The molecule has 3 rings (SSSR count). The van der Waals surface area contributed by atoms with E-state index in [1.807, 2.05) is 19.1 Å². The molecule has 0 aromatic carbocycles. The molecule has 1 aliphatic rings. The van der Waals surface area contributed by atoms with Crippen LogP contribution in [0.25, 0.3) is 5.57 Å². The number of carbonyl (C=O) groups excluding carboxylic acids is 1. The summed E-state index contributed by atoms with van der Waals surface area (Å²) in [5.74, 6) is 6.95. The third kappa shape index (κ3) is 3.81. The van der Waals surface area contributed by atoms with Gasteiger partial charge in [0.05, 0.1) is 17.0 Å². The molecule has 1 aliphatic heterocycles. The maximum Gasteiger partial charge on any atom is 0.220 e. The number of nitrogens with two attached hydrogens (primary N) is 2. The highest BCUT2D eigenvalue weighted by atomic mass is 16.2. The zero-order valence-corrected chi connectivity index (χ0v) is 14.8. The zero-order valence-electron chi connectivity index (χ0n) is 14.8. The summed E-state index contributed by atoms with van der Waals surface area (Å²) < 4.78 is 0. The largest absolute Gasteiger partial charge is 0.384 e. The van der Waals surface area contributed by atoms with Gasteiger partial charge in [0.25, 0.3) is 0 Å². The van der Waals surface area contributed by atoms with Gasteiger partial charge in [0.1, 0.15) is 5.82 Å². The molecule has 7 nitrogen and oxygen atoms in total. The SMILES string of the molecule is CC(=O)N1CC=C(c2nc(N)nc(C)c2C#Cc2ccc(N)nc2)CC1. The van der Waals surface area contributed by atoms with Crippen molar-refractivity contribution in [3.63, 3.8) is 0 Å². The smallest absolute Gasteiger partial charge is 0.220 e. The van der Waals surface area contributed by atoms with Crippen LogP contribution in [-0.2, 0) is 4.79 Å². The highest BCUT2D eigenvalue weighted by Gasteiger charge is 2.19. The van der Waals surface area contributed by atoms with Crippen LogP contribution in [0, 0.1) is 18.8 Å². The Labute approximate surface area is 152 Å². The molecule has 0 spiro atoms. The summed E-state index contributed by atoms with van der Waals surface area (Å²) in [6.07, 6.45) is 4.33. The molecular formula is C19H20N6O. The highest BCUT2D eigenvalue weighted by Crippen LogP contribution is 2.25. The maximum absolute atomic E-state index is 11.5. The maximum atomic E-state index is 11.5. The minimum Gasteiger partial charge on any atom is -0.384 e. The number of hydrogen-bond donors (Lipinski definition) is 2. The summed E-state index contributed by atoms with van der Waals surface area (Å²) in [6, 6.07) is 3.52. The fraction of sp³-hybridized carbons (Fsp3) is 0.263. The van der Waals surface area contributed by atoms with Gasteiger partial charge in [0.15, 0.2) is 0 Å². The topological polar surface area (TPSA) is 111 Å². The number of carbonyl (C=O) groups is 1. The lowest BCUT2D eigenvalue weighted by Crippen LogP contribution is -2.32. The van der Waals surface area contributed by atoms with Gasteiger partial charge in [-0.25, -0.2) is 15.0 Å². The summed E-state index contributed by atoms with van der Waals surface area (Å²) in [6.45, 7) is 4.64. The van der Waals surface area contributed by atoms with E-state index in [2.05, 4.69) is 26.8 Å². The average molecular weight is 348 g/mol. The van der Waals surface area contributed by atoms with E-state index in [4.69, 9.17) is 11.5 Å². The van der Waals surface area contributed by atoms with E-state index >= 15 is 0 Å². The lowest BCUT2D eigenvalue weighted by atomic mass is 9.99. The average Bonchev–Trinajstić information content (AvgIpc) is 2.62. The van der Waals surface area contributed by atoms with Crippen molar-refractivity contribution >= 4 is 23.2 Å². The molecule has 0 unspecified atom stereocenters.